The summed E-state index contributed by atoms with van der Waals surface area (Å²) in [6.45, 7) is 5.85. The van der Waals surface area contributed by atoms with Gasteiger partial charge in [-0.2, -0.15) is 0 Å². The van der Waals surface area contributed by atoms with Crippen LogP contribution in [0.25, 0.3) is 0 Å². The van der Waals surface area contributed by atoms with Crippen molar-refractivity contribution in [2.75, 3.05) is 26.2 Å². The minimum Gasteiger partial charge on any atom is -0.369 e. The molecule has 18 heavy (non-hydrogen) atoms. The van der Waals surface area contributed by atoms with E-state index in [9.17, 15) is 9.59 Å². The van der Waals surface area contributed by atoms with Gasteiger partial charge in [0, 0.05) is 12.5 Å². The highest BCUT2D eigenvalue weighted by molar-refractivity contribution is 5.85. The van der Waals surface area contributed by atoms with Gasteiger partial charge in [0.2, 0.25) is 11.8 Å². The smallest absolute Gasteiger partial charge is 0.223 e. The molecule has 0 spiro atoms. The molecular weight excluding hydrogens is 230 g/mol. The van der Waals surface area contributed by atoms with Gasteiger partial charge in [0.05, 0.1) is 6.42 Å². The summed E-state index contributed by atoms with van der Waals surface area (Å²) in [6, 6.07) is 0. The summed E-state index contributed by atoms with van der Waals surface area (Å²) >= 11 is 0. The summed E-state index contributed by atoms with van der Waals surface area (Å²) < 4.78 is 0. The van der Waals surface area contributed by atoms with Gasteiger partial charge in [-0.3, -0.25) is 9.59 Å². The molecule has 0 aromatic rings. The number of rotatable bonds is 8. The molecule has 1 rings (SSSR count). The highest BCUT2D eigenvalue weighted by atomic mass is 16.2. The van der Waals surface area contributed by atoms with Crippen molar-refractivity contribution in [1.82, 2.24) is 10.2 Å². The normalized spacial score (nSPS) is 17.6. The fraction of sp³-hybridized carbons (Fsp3) is 0.769. The number of nitrogens with two attached hydrogens (primary N) is 1. The average molecular weight is 254 g/mol. The number of primary amides is 1. The van der Waals surface area contributed by atoms with Crippen molar-refractivity contribution >= 4 is 11.8 Å². The van der Waals surface area contributed by atoms with E-state index in [1.165, 1.54) is 32.4 Å². The van der Waals surface area contributed by atoms with Crippen molar-refractivity contribution < 1.29 is 9.59 Å². The molecule has 0 saturated carbocycles. The van der Waals surface area contributed by atoms with Gasteiger partial charge >= 0.3 is 0 Å². The maximum absolute atomic E-state index is 11.4. The molecule has 5 heteroatoms. The molecule has 0 aromatic heterocycles. The van der Waals surface area contributed by atoms with Crippen molar-refractivity contribution in [3.63, 3.8) is 0 Å². The molecule has 1 aliphatic heterocycles. The number of carbonyl (C=O) groups excluding carboxylic acids is 2. The van der Waals surface area contributed by atoms with Crippen LogP contribution in [0.1, 0.15) is 32.6 Å². The highest BCUT2D eigenvalue weighted by Gasteiger charge is 2.12. The van der Waals surface area contributed by atoms with Gasteiger partial charge in [-0.15, -0.1) is 0 Å². The molecule has 1 radical (unpaired) electrons. The molecule has 1 fully saturated rings. The summed E-state index contributed by atoms with van der Waals surface area (Å²) in [5, 5.41) is 2.83. The van der Waals surface area contributed by atoms with Crippen molar-refractivity contribution in [3.05, 3.63) is 6.42 Å². The summed E-state index contributed by atoms with van der Waals surface area (Å²) in [5.41, 5.74) is 5.12. The topological polar surface area (TPSA) is 75.4 Å². The summed E-state index contributed by atoms with van der Waals surface area (Å²) in [5.74, 6) is -0.752. The first-order valence-corrected chi connectivity index (χ1v) is 6.72. The van der Waals surface area contributed by atoms with Gasteiger partial charge in [0.15, 0.2) is 0 Å². The molecule has 5 nitrogen and oxygen atoms in total. The second-order valence-electron chi connectivity index (χ2n) is 4.94. The minimum atomic E-state index is -0.368. The molecule has 103 valence electrons. The average Bonchev–Trinajstić information content (AvgIpc) is 2.84. The predicted molar refractivity (Wildman–Crippen MR) is 70.6 cm³/mol. The Bertz CT molecular complexity index is 275. The fourth-order valence-corrected chi connectivity index (χ4v) is 1.99. The molecule has 1 heterocycles. The molecule has 2 amide bonds. The van der Waals surface area contributed by atoms with Crippen LogP contribution in [0.2, 0.25) is 0 Å². The zero-order chi connectivity index (χ0) is 13.4. The van der Waals surface area contributed by atoms with E-state index >= 15 is 0 Å². The van der Waals surface area contributed by atoms with E-state index in [0.29, 0.717) is 13.0 Å². The first-order chi connectivity index (χ1) is 8.59. The van der Waals surface area contributed by atoms with Crippen LogP contribution in [-0.4, -0.2) is 42.9 Å². The van der Waals surface area contributed by atoms with Crippen LogP contribution in [0.15, 0.2) is 0 Å². The van der Waals surface area contributed by atoms with Crippen LogP contribution in [0.4, 0.5) is 0 Å². The molecule has 0 aromatic carbocycles. The van der Waals surface area contributed by atoms with Crippen LogP contribution in [0.3, 0.4) is 0 Å². The number of hydrogen-bond acceptors (Lipinski definition) is 3. The number of hydrogen-bond donors (Lipinski definition) is 2. The first-order valence-electron chi connectivity index (χ1n) is 6.72. The Labute approximate surface area is 109 Å². The summed E-state index contributed by atoms with van der Waals surface area (Å²) in [6.07, 6.45) is 5.49. The largest absolute Gasteiger partial charge is 0.369 e. The molecule has 0 aliphatic carbocycles. The SMILES string of the molecule is C[C@@H](C[CH]C(=O)NCCCN1CCCC1)C(N)=O. The predicted octanol–water partition coefficient (Wildman–Crippen LogP) is 0.304. The van der Waals surface area contributed by atoms with Gasteiger partial charge < -0.3 is 16.0 Å². The van der Waals surface area contributed by atoms with Crippen LogP contribution < -0.4 is 11.1 Å². The molecule has 1 saturated heterocycles. The van der Waals surface area contributed by atoms with Crippen molar-refractivity contribution in [1.29, 1.82) is 0 Å². The molecule has 1 atom stereocenters. The Kier molecular flexibility index (Phi) is 6.72. The van der Waals surface area contributed by atoms with E-state index in [1.54, 1.807) is 6.92 Å². The van der Waals surface area contributed by atoms with E-state index in [4.69, 9.17) is 5.73 Å². The van der Waals surface area contributed by atoms with E-state index < -0.39 is 0 Å². The van der Waals surface area contributed by atoms with Crippen molar-refractivity contribution in [2.24, 2.45) is 11.7 Å². The van der Waals surface area contributed by atoms with Gasteiger partial charge in [0.25, 0.3) is 0 Å². The second kappa shape index (κ2) is 8.08. The Hall–Kier alpha value is -1.10. The zero-order valence-corrected chi connectivity index (χ0v) is 11.2. The van der Waals surface area contributed by atoms with Crippen LogP contribution in [-0.2, 0) is 9.59 Å². The number of nitrogens with zero attached hydrogens (tertiary/aromatic N) is 1. The van der Waals surface area contributed by atoms with Crippen molar-refractivity contribution in [2.45, 2.75) is 32.6 Å². The lowest BCUT2D eigenvalue weighted by Crippen LogP contribution is -2.30. The van der Waals surface area contributed by atoms with E-state index in [1.807, 2.05) is 0 Å². The monoisotopic (exact) mass is 254 g/mol. The van der Waals surface area contributed by atoms with Crippen LogP contribution in [0, 0.1) is 12.3 Å². The van der Waals surface area contributed by atoms with Crippen LogP contribution in [0.5, 0.6) is 0 Å². The second-order valence-corrected chi connectivity index (χ2v) is 4.94. The molecule has 0 unspecified atom stereocenters. The number of likely N-dealkylation sites (tertiary alicyclic amines) is 1. The number of nitrogens with one attached hydrogen (secondary N) is 1. The maximum atomic E-state index is 11.4. The Morgan fingerprint density at radius 1 is 1.39 bits per heavy atom. The Morgan fingerprint density at radius 2 is 2.06 bits per heavy atom. The number of carbonyl (C=O) groups is 2. The zero-order valence-electron chi connectivity index (χ0n) is 11.2. The highest BCUT2D eigenvalue weighted by Crippen LogP contribution is 2.07. The van der Waals surface area contributed by atoms with Gasteiger partial charge in [-0.25, -0.2) is 0 Å². The van der Waals surface area contributed by atoms with Gasteiger partial charge in [-0.1, -0.05) is 6.92 Å². The summed E-state index contributed by atoms with van der Waals surface area (Å²) in [4.78, 5) is 24.6. The van der Waals surface area contributed by atoms with Crippen LogP contribution >= 0.6 is 0 Å². The minimum absolute atomic E-state index is 0.107. The maximum Gasteiger partial charge on any atom is 0.223 e. The van der Waals surface area contributed by atoms with E-state index in [0.717, 1.165) is 13.0 Å². The fourth-order valence-electron chi connectivity index (χ4n) is 1.99. The Morgan fingerprint density at radius 3 is 2.67 bits per heavy atom. The molecule has 1 aliphatic rings. The molecule has 3 N–H and O–H groups in total. The van der Waals surface area contributed by atoms with Gasteiger partial charge in [-0.05, 0) is 45.3 Å². The Balaban J connectivity index is 1.97. The molecular formula is C13H24N3O2. The molecule has 0 bridgehead atoms. The van der Waals surface area contributed by atoms with Crippen molar-refractivity contribution in [3.8, 4) is 0 Å². The third-order valence-electron chi connectivity index (χ3n) is 3.29. The summed E-state index contributed by atoms with van der Waals surface area (Å²) in [7, 11) is 0. The van der Waals surface area contributed by atoms with E-state index in [2.05, 4.69) is 10.2 Å². The lowest BCUT2D eigenvalue weighted by Gasteiger charge is -2.14. The third-order valence-corrected chi connectivity index (χ3v) is 3.29. The lowest BCUT2D eigenvalue weighted by molar-refractivity contribution is -0.121. The van der Waals surface area contributed by atoms with Gasteiger partial charge in [0.1, 0.15) is 0 Å². The standard InChI is InChI=1S/C13H24N3O2/c1-11(13(14)18)5-6-12(17)15-7-4-10-16-8-2-3-9-16/h6,11H,2-5,7-10H2,1H3,(H2,14,18)(H,15,17)/t11-/m0/s1. The lowest BCUT2D eigenvalue weighted by atomic mass is 10.1. The number of amides is 2. The third kappa shape index (κ3) is 6.00. The quantitative estimate of drug-likeness (QED) is 0.612. The first kappa shape index (κ1) is 15.0. The van der Waals surface area contributed by atoms with E-state index in [-0.39, 0.29) is 17.7 Å².